The van der Waals surface area contributed by atoms with Crippen LogP contribution in [0.5, 0.6) is 0 Å². The summed E-state index contributed by atoms with van der Waals surface area (Å²) in [4.78, 5) is 7.68. The summed E-state index contributed by atoms with van der Waals surface area (Å²) in [6.45, 7) is 0.00986. The number of aliphatic hydroxyl groups excluding tert-OH is 1. The maximum absolute atomic E-state index is 9.52. The van der Waals surface area contributed by atoms with Crippen molar-refractivity contribution in [2.45, 2.75) is 6.61 Å². The van der Waals surface area contributed by atoms with Crippen LogP contribution in [-0.2, 0) is 6.61 Å². The van der Waals surface area contributed by atoms with Crippen LogP contribution in [0.25, 0.3) is 33.3 Å². The lowest BCUT2D eigenvalue weighted by atomic mass is 10.00. The number of nitrogens with zero attached hydrogens (tertiary/aromatic N) is 1. The minimum atomic E-state index is 0.00986. The number of pyridine rings is 1. The van der Waals surface area contributed by atoms with Gasteiger partial charge in [-0.05, 0) is 23.3 Å². The number of benzene rings is 1. The molecule has 4 aromatic rings. The first-order valence-corrected chi connectivity index (χ1v) is 7.05. The molecule has 0 aliphatic carbocycles. The topological polar surface area (TPSA) is 62.1 Å². The summed E-state index contributed by atoms with van der Waals surface area (Å²) in [6, 6.07) is 11.8. The van der Waals surface area contributed by atoms with Crippen LogP contribution in [-0.4, -0.2) is 15.1 Å². The summed E-state index contributed by atoms with van der Waals surface area (Å²) in [7, 11) is 0. The molecule has 0 radical (unpaired) electrons. The van der Waals surface area contributed by atoms with E-state index in [1.807, 2.05) is 42.7 Å². The fraction of sp³-hybridized carbons (Fsp3) is 0.0556. The number of hydrogen-bond donors (Lipinski definition) is 2. The third kappa shape index (κ3) is 2.01. The van der Waals surface area contributed by atoms with Gasteiger partial charge in [0.2, 0.25) is 0 Å². The van der Waals surface area contributed by atoms with Gasteiger partial charge in [-0.1, -0.05) is 24.3 Å². The highest BCUT2D eigenvalue weighted by molar-refractivity contribution is 5.95. The lowest BCUT2D eigenvalue weighted by Crippen LogP contribution is -1.90. The molecule has 4 nitrogen and oxygen atoms in total. The average molecular weight is 290 g/mol. The summed E-state index contributed by atoms with van der Waals surface area (Å²) in [6.07, 6.45) is 7.14. The zero-order chi connectivity index (χ0) is 14.9. The van der Waals surface area contributed by atoms with Crippen LogP contribution in [0.3, 0.4) is 0 Å². The van der Waals surface area contributed by atoms with Crippen LogP contribution in [0.15, 0.2) is 65.7 Å². The Hall–Kier alpha value is -2.85. The highest BCUT2D eigenvalue weighted by atomic mass is 16.3. The highest BCUT2D eigenvalue weighted by Crippen LogP contribution is 2.32. The molecule has 0 aliphatic heterocycles. The monoisotopic (exact) mass is 290 g/mol. The van der Waals surface area contributed by atoms with E-state index < -0.39 is 0 Å². The maximum atomic E-state index is 9.52. The Bertz CT molecular complexity index is 923. The number of furan rings is 1. The Balaban J connectivity index is 1.92. The van der Waals surface area contributed by atoms with Crippen molar-refractivity contribution in [1.82, 2.24) is 9.97 Å². The smallest absolute Gasteiger partial charge is 0.137 e. The fourth-order valence-corrected chi connectivity index (χ4v) is 2.75. The normalized spacial score (nSPS) is 11.1. The van der Waals surface area contributed by atoms with Crippen molar-refractivity contribution in [2.75, 3.05) is 0 Å². The van der Waals surface area contributed by atoms with E-state index in [-0.39, 0.29) is 6.61 Å². The van der Waals surface area contributed by atoms with Crippen LogP contribution < -0.4 is 0 Å². The molecule has 4 rings (SSSR count). The molecule has 4 heteroatoms. The molecule has 0 fully saturated rings. The summed E-state index contributed by atoms with van der Waals surface area (Å²) in [5, 5.41) is 10.6. The van der Waals surface area contributed by atoms with Crippen LogP contribution in [0.2, 0.25) is 0 Å². The number of fused-ring (bicyclic) bond motifs is 1. The van der Waals surface area contributed by atoms with Crippen LogP contribution >= 0.6 is 0 Å². The van der Waals surface area contributed by atoms with E-state index in [4.69, 9.17) is 4.42 Å². The number of rotatable bonds is 3. The number of aromatic nitrogens is 2. The maximum Gasteiger partial charge on any atom is 0.137 e. The van der Waals surface area contributed by atoms with Crippen LogP contribution in [0, 0.1) is 0 Å². The van der Waals surface area contributed by atoms with E-state index in [9.17, 15) is 5.11 Å². The molecule has 0 amide bonds. The van der Waals surface area contributed by atoms with Crippen molar-refractivity contribution in [3.05, 3.63) is 66.9 Å². The first-order valence-electron chi connectivity index (χ1n) is 7.05. The minimum absolute atomic E-state index is 0.00986. The molecule has 108 valence electrons. The van der Waals surface area contributed by atoms with E-state index in [1.54, 1.807) is 12.5 Å². The predicted octanol–water partition coefficient (Wildman–Crippen LogP) is 3.98. The molecular weight excluding hydrogens is 276 g/mol. The third-order valence-corrected chi connectivity index (χ3v) is 3.86. The lowest BCUT2D eigenvalue weighted by Gasteiger charge is -2.07. The molecule has 0 aliphatic rings. The van der Waals surface area contributed by atoms with Crippen molar-refractivity contribution in [2.24, 2.45) is 0 Å². The van der Waals surface area contributed by atoms with Crippen molar-refractivity contribution in [3.63, 3.8) is 0 Å². The molecule has 2 N–H and O–H groups in total. The first kappa shape index (κ1) is 12.9. The van der Waals surface area contributed by atoms with Crippen LogP contribution in [0.1, 0.15) is 5.56 Å². The second kappa shape index (κ2) is 5.16. The summed E-state index contributed by atoms with van der Waals surface area (Å²) in [5.41, 5.74) is 5.78. The van der Waals surface area contributed by atoms with Gasteiger partial charge in [-0.15, -0.1) is 0 Å². The Labute approximate surface area is 127 Å². The zero-order valence-corrected chi connectivity index (χ0v) is 11.8. The van der Waals surface area contributed by atoms with Gasteiger partial charge in [-0.2, -0.15) is 0 Å². The van der Waals surface area contributed by atoms with Crippen molar-refractivity contribution in [1.29, 1.82) is 0 Å². The van der Waals surface area contributed by atoms with Gasteiger partial charge in [0.1, 0.15) is 5.65 Å². The van der Waals surface area contributed by atoms with Gasteiger partial charge in [-0.25, -0.2) is 4.98 Å². The van der Waals surface area contributed by atoms with Crippen molar-refractivity contribution >= 4 is 11.0 Å². The molecule has 0 saturated heterocycles. The molecule has 0 spiro atoms. The Morgan fingerprint density at radius 1 is 1.09 bits per heavy atom. The number of H-pyrrole nitrogens is 1. The molecule has 1 aromatic carbocycles. The number of aliphatic hydroxyl groups is 1. The molecule has 0 atom stereocenters. The SMILES string of the molecule is OCc1ccccc1-c1cnc2[nH]cc(-c3ccoc3)c2c1. The van der Waals surface area contributed by atoms with Gasteiger partial charge in [0, 0.05) is 34.5 Å². The number of nitrogens with one attached hydrogen (secondary N) is 1. The quantitative estimate of drug-likeness (QED) is 0.600. The third-order valence-electron chi connectivity index (χ3n) is 3.86. The number of aromatic amines is 1. The number of hydrogen-bond acceptors (Lipinski definition) is 3. The van der Waals surface area contributed by atoms with E-state index in [2.05, 4.69) is 16.0 Å². The van der Waals surface area contributed by atoms with Gasteiger partial charge in [0.25, 0.3) is 0 Å². The van der Waals surface area contributed by atoms with E-state index >= 15 is 0 Å². The molecule has 0 bridgehead atoms. The average Bonchev–Trinajstić information content (AvgIpc) is 3.23. The molecular formula is C18H14N2O2. The van der Waals surface area contributed by atoms with Gasteiger partial charge in [0.05, 0.1) is 19.1 Å². The van der Waals surface area contributed by atoms with Crippen LogP contribution in [0.4, 0.5) is 0 Å². The Morgan fingerprint density at radius 3 is 2.82 bits per heavy atom. The predicted molar refractivity (Wildman–Crippen MR) is 85.2 cm³/mol. The highest BCUT2D eigenvalue weighted by Gasteiger charge is 2.11. The summed E-state index contributed by atoms with van der Waals surface area (Å²) < 4.78 is 5.17. The Kier molecular flexibility index (Phi) is 3.02. The fourth-order valence-electron chi connectivity index (χ4n) is 2.75. The molecule has 0 unspecified atom stereocenters. The van der Waals surface area contributed by atoms with Crippen molar-refractivity contribution < 1.29 is 9.52 Å². The molecule has 0 saturated carbocycles. The Morgan fingerprint density at radius 2 is 2.00 bits per heavy atom. The van der Waals surface area contributed by atoms with E-state index in [0.29, 0.717) is 0 Å². The second-order valence-corrected chi connectivity index (χ2v) is 5.15. The van der Waals surface area contributed by atoms with Gasteiger partial charge in [-0.3, -0.25) is 0 Å². The van der Waals surface area contributed by atoms with Gasteiger partial charge in [0.15, 0.2) is 0 Å². The molecule has 22 heavy (non-hydrogen) atoms. The zero-order valence-electron chi connectivity index (χ0n) is 11.8. The molecule has 3 heterocycles. The minimum Gasteiger partial charge on any atom is -0.472 e. The van der Waals surface area contributed by atoms with E-state index in [1.165, 1.54) is 0 Å². The van der Waals surface area contributed by atoms with E-state index in [0.717, 1.165) is 38.9 Å². The van der Waals surface area contributed by atoms with Crippen molar-refractivity contribution in [3.8, 4) is 22.3 Å². The largest absolute Gasteiger partial charge is 0.472 e. The summed E-state index contributed by atoms with van der Waals surface area (Å²) in [5.74, 6) is 0. The van der Waals surface area contributed by atoms with Gasteiger partial charge >= 0.3 is 0 Å². The summed E-state index contributed by atoms with van der Waals surface area (Å²) >= 11 is 0. The molecule has 3 aromatic heterocycles. The van der Waals surface area contributed by atoms with Gasteiger partial charge < -0.3 is 14.5 Å². The first-order chi connectivity index (χ1) is 10.9. The second-order valence-electron chi connectivity index (χ2n) is 5.15. The standard InChI is InChI=1S/C18H14N2O2/c21-10-12-3-1-2-4-15(12)14-7-16-17(13-5-6-22-11-13)9-20-18(16)19-8-14/h1-9,11,21H,10H2,(H,19,20). The lowest BCUT2D eigenvalue weighted by molar-refractivity contribution is 0.282.